The van der Waals surface area contributed by atoms with Crippen molar-refractivity contribution in [2.45, 2.75) is 18.3 Å². The van der Waals surface area contributed by atoms with Crippen molar-refractivity contribution >= 4 is 6.21 Å². The molecule has 6 nitrogen and oxygen atoms in total. The Morgan fingerprint density at radius 3 is 2.18 bits per heavy atom. The number of rotatable bonds is 4. The Morgan fingerprint density at radius 2 is 1.82 bits per heavy atom. The van der Waals surface area contributed by atoms with Gasteiger partial charge in [0, 0.05) is 0 Å². The topological polar surface area (TPSA) is 114 Å². The first-order valence-corrected chi connectivity index (χ1v) is 2.96. The van der Waals surface area contributed by atoms with Gasteiger partial charge in [-0.25, -0.2) is 0 Å². The highest BCUT2D eigenvalue weighted by Crippen LogP contribution is 1.97. The highest BCUT2D eigenvalue weighted by Gasteiger charge is 2.22. The molecule has 3 atom stereocenters. The first-order valence-electron chi connectivity index (χ1n) is 2.96. The molecule has 0 heterocycles. The molecule has 5 N–H and O–H groups in total. The maximum atomic E-state index is 8.85. The van der Waals surface area contributed by atoms with E-state index in [0.29, 0.717) is 6.21 Å². The zero-order chi connectivity index (χ0) is 8.85. The Bertz CT molecular complexity index is 128. The SMILES string of the molecule is OC[C@@H](O)[C@H](O)[C@H](O)/C=N/O. The average Bonchev–Trinajstić information content (AvgIpc) is 2.02. The molecular formula is C5H11NO5. The fourth-order valence-corrected chi connectivity index (χ4v) is 0.492. The smallest absolute Gasteiger partial charge is 0.121 e. The second-order valence-corrected chi connectivity index (χ2v) is 2.00. The van der Waals surface area contributed by atoms with E-state index in [1.54, 1.807) is 0 Å². The summed E-state index contributed by atoms with van der Waals surface area (Å²) in [6, 6.07) is 0. The van der Waals surface area contributed by atoms with Gasteiger partial charge in [-0.05, 0) is 0 Å². The van der Waals surface area contributed by atoms with E-state index in [1.165, 1.54) is 0 Å². The van der Waals surface area contributed by atoms with Crippen molar-refractivity contribution < 1.29 is 25.6 Å². The lowest BCUT2D eigenvalue weighted by Crippen LogP contribution is -2.40. The molecule has 0 aliphatic carbocycles. The monoisotopic (exact) mass is 165 g/mol. The third-order valence-electron chi connectivity index (χ3n) is 1.15. The maximum Gasteiger partial charge on any atom is 0.121 e. The van der Waals surface area contributed by atoms with Gasteiger partial charge in [0.25, 0.3) is 0 Å². The molecule has 66 valence electrons. The number of aliphatic hydroxyl groups excluding tert-OH is 4. The number of hydrogen-bond donors (Lipinski definition) is 5. The third-order valence-corrected chi connectivity index (χ3v) is 1.15. The first kappa shape index (κ1) is 10.3. The lowest BCUT2D eigenvalue weighted by atomic mass is 10.1. The van der Waals surface area contributed by atoms with Crippen LogP contribution in [0.3, 0.4) is 0 Å². The van der Waals surface area contributed by atoms with Crippen LogP contribution in [0.1, 0.15) is 0 Å². The molecule has 0 radical (unpaired) electrons. The van der Waals surface area contributed by atoms with Crippen molar-refractivity contribution in [1.82, 2.24) is 0 Å². The normalized spacial score (nSPS) is 20.0. The fourth-order valence-electron chi connectivity index (χ4n) is 0.492. The molecular weight excluding hydrogens is 154 g/mol. The lowest BCUT2D eigenvalue weighted by Gasteiger charge is -2.17. The highest BCUT2D eigenvalue weighted by molar-refractivity contribution is 5.62. The van der Waals surface area contributed by atoms with Crippen LogP contribution in [0, 0.1) is 0 Å². The minimum Gasteiger partial charge on any atom is -0.411 e. The third kappa shape index (κ3) is 3.28. The summed E-state index contributed by atoms with van der Waals surface area (Å²) < 4.78 is 0. The number of aliphatic hydroxyl groups is 4. The van der Waals surface area contributed by atoms with E-state index in [4.69, 9.17) is 25.6 Å². The molecule has 0 rings (SSSR count). The van der Waals surface area contributed by atoms with Crippen molar-refractivity contribution in [3.63, 3.8) is 0 Å². The van der Waals surface area contributed by atoms with Crippen LogP contribution in [0.5, 0.6) is 0 Å². The Balaban J connectivity index is 3.90. The summed E-state index contributed by atoms with van der Waals surface area (Å²) in [6.45, 7) is -0.669. The van der Waals surface area contributed by atoms with Crippen LogP contribution in [0.2, 0.25) is 0 Å². The fraction of sp³-hybridized carbons (Fsp3) is 0.800. The Labute approximate surface area is 63.0 Å². The average molecular weight is 165 g/mol. The van der Waals surface area contributed by atoms with E-state index in [1.807, 2.05) is 0 Å². The minimum atomic E-state index is -1.55. The molecule has 11 heavy (non-hydrogen) atoms. The summed E-state index contributed by atoms with van der Waals surface area (Å²) in [4.78, 5) is 0. The van der Waals surface area contributed by atoms with E-state index in [0.717, 1.165) is 0 Å². The van der Waals surface area contributed by atoms with Gasteiger partial charge < -0.3 is 25.6 Å². The Kier molecular flexibility index (Phi) is 4.71. The van der Waals surface area contributed by atoms with Crippen LogP contribution in [0.25, 0.3) is 0 Å². The van der Waals surface area contributed by atoms with Gasteiger partial charge in [0.05, 0.1) is 12.8 Å². The zero-order valence-electron chi connectivity index (χ0n) is 5.70. The summed E-state index contributed by atoms with van der Waals surface area (Å²) in [5.41, 5.74) is 0. The minimum absolute atomic E-state index is 0.642. The van der Waals surface area contributed by atoms with Crippen molar-refractivity contribution in [3.8, 4) is 0 Å². The first-order chi connectivity index (χ1) is 5.13. The molecule has 0 aliphatic rings. The van der Waals surface area contributed by atoms with Crippen molar-refractivity contribution in [2.75, 3.05) is 6.61 Å². The van der Waals surface area contributed by atoms with Gasteiger partial charge in [-0.1, -0.05) is 5.16 Å². The largest absolute Gasteiger partial charge is 0.411 e. The Morgan fingerprint density at radius 1 is 1.27 bits per heavy atom. The van der Waals surface area contributed by atoms with Crippen LogP contribution in [0.15, 0.2) is 5.16 Å². The van der Waals surface area contributed by atoms with Crippen LogP contribution >= 0.6 is 0 Å². The maximum absolute atomic E-state index is 8.85. The van der Waals surface area contributed by atoms with Crippen molar-refractivity contribution in [2.24, 2.45) is 5.16 Å². The van der Waals surface area contributed by atoms with Gasteiger partial charge >= 0.3 is 0 Å². The predicted octanol–water partition coefficient (Wildman–Crippen LogP) is -2.48. The van der Waals surface area contributed by atoms with Crippen molar-refractivity contribution in [3.05, 3.63) is 0 Å². The molecule has 0 unspecified atom stereocenters. The number of nitrogens with zero attached hydrogens (tertiary/aromatic N) is 1. The van der Waals surface area contributed by atoms with E-state index in [9.17, 15) is 0 Å². The molecule has 0 saturated carbocycles. The molecule has 0 aromatic carbocycles. The molecule has 0 saturated heterocycles. The van der Waals surface area contributed by atoms with E-state index < -0.39 is 24.9 Å². The van der Waals surface area contributed by atoms with Gasteiger partial charge in [0.15, 0.2) is 0 Å². The summed E-state index contributed by atoms with van der Waals surface area (Å²) >= 11 is 0. The number of oxime groups is 1. The summed E-state index contributed by atoms with van der Waals surface area (Å²) in [6.07, 6.45) is -3.83. The van der Waals surface area contributed by atoms with Gasteiger partial charge in [0.2, 0.25) is 0 Å². The summed E-state index contributed by atoms with van der Waals surface area (Å²) in [7, 11) is 0. The lowest BCUT2D eigenvalue weighted by molar-refractivity contribution is -0.0546. The van der Waals surface area contributed by atoms with Crippen LogP contribution < -0.4 is 0 Å². The highest BCUT2D eigenvalue weighted by atomic mass is 16.4. The molecule has 0 spiro atoms. The zero-order valence-corrected chi connectivity index (χ0v) is 5.70. The molecule has 0 aromatic rings. The summed E-state index contributed by atoms with van der Waals surface area (Å²) in [5, 5.41) is 45.0. The van der Waals surface area contributed by atoms with E-state index >= 15 is 0 Å². The van der Waals surface area contributed by atoms with Gasteiger partial charge in [-0.2, -0.15) is 0 Å². The quantitative estimate of drug-likeness (QED) is 0.180. The van der Waals surface area contributed by atoms with Crippen molar-refractivity contribution in [1.29, 1.82) is 0 Å². The van der Waals surface area contributed by atoms with Crippen LogP contribution in [-0.4, -0.2) is 56.8 Å². The number of hydrogen-bond acceptors (Lipinski definition) is 6. The van der Waals surface area contributed by atoms with E-state index in [2.05, 4.69) is 5.16 Å². The predicted molar refractivity (Wildman–Crippen MR) is 35.4 cm³/mol. The van der Waals surface area contributed by atoms with Crippen LogP contribution in [0.4, 0.5) is 0 Å². The van der Waals surface area contributed by atoms with Gasteiger partial charge in [-0.3, -0.25) is 0 Å². The standard InChI is InChI=1S/C5H11NO5/c7-2-4(9)5(10)3(8)1-6-11/h1,3-5,7-11H,2H2/b6-1+/t3-,4-,5-/m1/s1. The molecule has 0 amide bonds. The molecule has 0 bridgehead atoms. The summed E-state index contributed by atoms with van der Waals surface area (Å²) in [5.74, 6) is 0. The van der Waals surface area contributed by atoms with Crippen LogP contribution in [-0.2, 0) is 0 Å². The van der Waals surface area contributed by atoms with Gasteiger partial charge in [0.1, 0.15) is 18.3 Å². The van der Waals surface area contributed by atoms with E-state index in [-0.39, 0.29) is 0 Å². The second kappa shape index (κ2) is 5.03. The van der Waals surface area contributed by atoms with Gasteiger partial charge in [-0.15, -0.1) is 0 Å². The Hall–Kier alpha value is -0.690. The molecule has 0 aromatic heterocycles. The molecule has 6 heteroatoms. The molecule has 0 fully saturated rings. The molecule has 0 aliphatic heterocycles. The second-order valence-electron chi connectivity index (χ2n) is 2.00.